The van der Waals surface area contributed by atoms with E-state index in [2.05, 4.69) is 24.9 Å². The van der Waals surface area contributed by atoms with Crippen molar-refractivity contribution >= 4 is 11.3 Å². The summed E-state index contributed by atoms with van der Waals surface area (Å²) in [5.74, 6) is 0. The van der Waals surface area contributed by atoms with Crippen LogP contribution in [0, 0.1) is 20.8 Å². The fourth-order valence-electron chi connectivity index (χ4n) is 1.68. The molecule has 0 aliphatic carbocycles. The summed E-state index contributed by atoms with van der Waals surface area (Å²) in [6.45, 7) is 6.17. The lowest BCUT2D eigenvalue weighted by Crippen LogP contribution is -2.01. The maximum Gasteiger partial charge on any atom is 0.0937 e. The van der Waals surface area contributed by atoms with Gasteiger partial charge in [0.05, 0.1) is 6.10 Å². The van der Waals surface area contributed by atoms with E-state index in [9.17, 15) is 5.11 Å². The van der Waals surface area contributed by atoms with Crippen molar-refractivity contribution in [3.8, 4) is 0 Å². The second kappa shape index (κ2) is 4.98. The average molecular weight is 247 g/mol. The van der Waals surface area contributed by atoms with Gasteiger partial charge in [-0.15, -0.1) is 11.3 Å². The van der Waals surface area contributed by atoms with Crippen LogP contribution >= 0.6 is 11.3 Å². The first-order valence-corrected chi connectivity index (χ1v) is 6.54. The Bertz CT molecular complexity index is 482. The summed E-state index contributed by atoms with van der Waals surface area (Å²) in [6, 6.07) is 6.07. The molecule has 0 bridgehead atoms. The fourth-order valence-corrected chi connectivity index (χ4v) is 2.71. The van der Waals surface area contributed by atoms with Gasteiger partial charge in [-0.1, -0.05) is 6.07 Å². The van der Waals surface area contributed by atoms with Gasteiger partial charge in [0, 0.05) is 28.1 Å². The summed E-state index contributed by atoms with van der Waals surface area (Å²) < 4.78 is 0. The highest BCUT2D eigenvalue weighted by Crippen LogP contribution is 2.28. The molecule has 0 aliphatic heterocycles. The predicted molar refractivity (Wildman–Crippen MR) is 71.4 cm³/mol. The number of aryl methyl sites for hydroxylation is 3. The first-order chi connectivity index (χ1) is 8.06. The summed E-state index contributed by atoms with van der Waals surface area (Å²) in [5.41, 5.74) is 3.33. The van der Waals surface area contributed by atoms with Gasteiger partial charge in [0.15, 0.2) is 0 Å². The van der Waals surface area contributed by atoms with Crippen LogP contribution in [0.4, 0.5) is 0 Å². The number of nitrogens with zero attached hydrogens (tertiary/aromatic N) is 1. The molecule has 0 saturated heterocycles. The van der Waals surface area contributed by atoms with E-state index in [4.69, 9.17) is 0 Å². The molecule has 0 spiro atoms. The summed E-state index contributed by atoms with van der Waals surface area (Å²) >= 11 is 1.67. The number of aromatic nitrogens is 1. The number of aliphatic hydroxyl groups excluding tert-OH is 1. The molecule has 0 fully saturated rings. The van der Waals surface area contributed by atoms with Gasteiger partial charge >= 0.3 is 0 Å². The molecule has 2 rings (SSSR count). The van der Waals surface area contributed by atoms with Crippen LogP contribution in [-0.2, 0) is 6.42 Å². The normalized spacial score (nSPS) is 12.7. The molecule has 0 amide bonds. The molecule has 3 heteroatoms. The molecule has 0 radical (unpaired) electrons. The van der Waals surface area contributed by atoms with Gasteiger partial charge in [-0.25, -0.2) is 0 Å². The van der Waals surface area contributed by atoms with E-state index in [1.54, 1.807) is 11.3 Å². The third kappa shape index (κ3) is 2.93. The van der Waals surface area contributed by atoms with Crippen molar-refractivity contribution in [3.63, 3.8) is 0 Å². The molecule has 2 heterocycles. The summed E-state index contributed by atoms with van der Waals surface area (Å²) in [7, 11) is 0. The zero-order chi connectivity index (χ0) is 12.4. The van der Waals surface area contributed by atoms with Crippen LogP contribution < -0.4 is 0 Å². The smallest absolute Gasteiger partial charge is 0.0937 e. The second-order valence-corrected chi connectivity index (χ2v) is 5.72. The zero-order valence-electron chi connectivity index (χ0n) is 10.4. The van der Waals surface area contributed by atoms with Crippen LogP contribution in [0.25, 0.3) is 0 Å². The van der Waals surface area contributed by atoms with Crippen LogP contribution in [0.5, 0.6) is 0 Å². The van der Waals surface area contributed by atoms with Gasteiger partial charge in [0.2, 0.25) is 0 Å². The number of hydrogen-bond acceptors (Lipinski definition) is 3. The van der Waals surface area contributed by atoms with Crippen molar-refractivity contribution in [1.29, 1.82) is 0 Å². The number of rotatable bonds is 3. The molecule has 2 nitrogen and oxygen atoms in total. The highest BCUT2D eigenvalue weighted by molar-refractivity contribution is 7.12. The predicted octanol–water partition coefficient (Wildman–Crippen LogP) is 3.34. The molecular weight excluding hydrogens is 230 g/mol. The summed E-state index contributed by atoms with van der Waals surface area (Å²) in [4.78, 5) is 6.62. The van der Waals surface area contributed by atoms with Crippen molar-refractivity contribution in [2.45, 2.75) is 33.3 Å². The van der Waals surface area contributed by atoms with E-state index in [1.165, 1.54) is 10.4 Å². The van der Waals surface area contributed by atoms with Gasteiger partial charge in [-0.2, -0.15) is 0 Å². The van der Waals surface area contributed by atoms with Crippen LogP contribution in [0.2, 0.25) is 0 Å². The fraction of sp³-hybridized carbons (Fsp3) is 0.357. The van der Waals surface area contributed by atoms with E-state index >= 15 is 0 Å². The Kier molecular flexibility index (Phi) is 3.60. The Morgan fingerprint density at radius 1 is 1.29 bits per heavy atom. The Morgan fingerprint density at radius 2 is 2.06 bits per heavy atom. The minimum absolute atomic E-state index is 0.442. The first kappa shape index (κ1) is 12.3. The summed E-state index contributed by atoms with van der Waals surface area (Å²) in [6.07, 6.45) is 1.98. The lowest BCUT2D eigenvalue weighted by atomic mass is 10.1. The van der Waals surface area contributed by atoms with Crippen LogP contribution in [0.3, 0.4) is 0 Å². The Morgan fingerprint density at radius 3 is 2.59 bits per heavy atom. The number of aliphatic hydroxyl groups is 1. The van der Waals surface area contributed by atoms with E-state index < -0.39 is 6.10 Å². The summed E-state index contributed by atoms with van der Waals surface area (Å²) in [5, 5.41) is 10.2. The van der Waals surface area contributed by atoms with E-state index in [1.807, 2.05) is 25.3 Å². The van der Waals surface area contributed by atoms with E-state index in [0.717, 1.165) is 16.1 Å². The lowest BCUT2D eigenvalue weighted by Gasteiger charge is -2.07. The molecule has 2 aromatic rings. The van der Waals surface area contributed by atoms with E-state index in [-0.39, 0.29) is 0 Å². The topological polar surface area (TPSA) is 33.1 Å². The zero-order valence-corrected chi connectivity index (χ0v) is 11.2. The van der Waals surface area contributed by atoms with Crippen molar-refractivity contribution < 1.29 is 5.11 Å². The van der Waals surface area contributed by atoms with Crippen LogP contribution in [0.15, 0.2) is 24.4 Å². The third-order valence-electron chi connectivity index (χ3n) is 2.89. The molecule has 1 unspecified atom stereocenters. The van der Waals surface area contributed by atoms with Gasteiger partial charge in [-0.3, -0.25) is 4.98 Å². The molecule has 0 saturated carbocycles. The van der Waals surface area contributed by atoms with Gasteiger partial charge < -0.3 is 5.11 Å². The quantitative estimate of drug-likeness (QED) is 0.902. The average Bonchev–Trinajstić information content (AvgIpc) is 2.63. The molecule has 2 aromatic heterocycles. The molecule has 17 heavy (non-hydrogen) atoms. The van der Waals surface area contributed by atoms with Gasteiger partial charge in [0.1, 0.15) is 0 Å². The highest BCUT2D eigenvalue weighted by atomic mass is 32.1. The van der Waals surface area contributed by atoms with Crippen molar-refractivity contribution in [2.75, 3.05) is 0 Å². The second-order valence-electron chi connectivity index (χ2n) is 4.43. The Hall–Kier alpha value is -1.19. The number of thiophene rings is 1. The van der Waals surface area contributed by atoms with E-state index in [0.29, 0.717) is 6.42 Å². The molecule has 1 atom stereocenters. The van der Waals surface area contributed by atoms with Crippen molar-refractivity contribution in [1.82, 2.24) is 4.98 Å². The Balaban J connectivity index is 2.11. The molecule has 0 aliphatic rings. The first-order valence-electron chi connectivity index (χ1n) is 5.73. The molecule has 1 N–H and O–H groups in total. The van der Waals surface area contributed by atoms with Gasteiger partial charge in [-0.05, 0) is 44.0 Å². The monoisotopic (exact) mass is 247 g/mol. The Labute approximate surface area is 106 Å². The molecule has 0 aromatic carbocycles. The number of hydrogen-bond donors (Lipinski definition) is 1. The van der Waals surface area contributed by atoms with Crippen LogP contribution in [0.1, 0.15) is 32.7 Å². The van der Waals surface area contributed by atoms with Gasteiger partial charge in [0.25, 0.3) is 0 Å². The standard InChI is InChI=1S/C14H17NOS/c1-9-4-5-12(15-8-9)7-13(16)14-6-10(2)11(3)17-14/h4-6,8,13,16H,7H2,1-3H3. The van der Waals surface area contributed by atoms with Crippen molar-refractivity contribution in [3.05, 3.63) is 51.0 Å². The molecule has 90 valence electrons. The molecular formula is C14H17NOS. The minimum Gasteiger partial charge on any atom is -0.387 e. The third-order valence-corrected chi connectivity index (χ3v) is 4.14. The van der Waals surface area contributed by atoms with Crippen molar-refractivity contribution in [2.24, 2.45) is 0 Å². The number of pyridine rings is 1. The lowest BCUT2D eigenvalue weighted by molar-refractivity contribution is 0.181. The highest BCUT2D eigenvalue weighted by Gasteiger charge is 2.12. The minimum atomic E-state index is -0.442. The van der Waals surface area contributed by atoms with Crippen LogP contribution in [-0.4, -0.2) is 10.1 Å². The SMILES string of the molecule is Cc1ccc(CC(O)c2cc(C)c(C)s2)nc1. The maximum absolute atomic E-state index is 10.2. The maximum atomic E-state index is 10.2. The largest absolute Gasteiger partial charge is 0.387 e.